The molecule has 2 aromatic rings. The van der Waals surface area contributed by atoms with Crippen molar-refractivity contribution >= 4 is 32.2 Å². The van der Waals surface area contributed by atoms with E-state index in [1.54, 1.807) is 12.1 Å². The molecular formula is C13H17N3O2S2. The third-order valence-electron chi connectivity index (χ3n) is 2.90. The van der Waals surface area contributed by atoms with Gasteiger partial charge in [-0.25, -0.2) is 13.4 Å². The Labute approximate surface area is 122 Å². The highest BCUT2D eigenvalue weighted by Crippen LogP contribution is 2.27. The van der Waals surface area contributed by atoms with Gasteiger partial charge in [0.05, 0.1) is 11.4 Å². The highest BCUT2D eigenvalue weighted by molar-refractivity contribution is 7.93. The molecule has 20 heavy (non-hydrogen) atoms. The molecule has 0 spiro atoms. The smallest absolute Gasteiger partial charge is 0.265 e. The number of anilines is 2. The summed E-state index contributed by atoms with van der Waals surface area (Å²) >= 11 is 1.33. The molecule has 0 amide bonds. The second-order valence-electron chi connectivity index (χ2n) is 4.52. The summed E-state index contributed by atoms with van der Waals surface area (Å²) in [5.74, 6) is 0. The van der Waals surface area contributed by atoms with Crippen molar-refractivity contribution in [3.8, 4) is 0 Å². The molecule has 1 aromatic carbocycles. The zero-order chi connectivity index (χ0) is 14.9. The van der Waals surface area contributed by atoms with Gasteiger partial charge in [-0.05, 0) is 38.0 Å². The lowest BCUT2D eigenvalue weighted by molar-refractivity contribution is 0.601. The molecule has 5 nitrogen and oxygen atoms in total. The number of aryl methyl sites for hydroxylation is 3. The molecule has 1 aromatic heterocycles. The Balaban J connectivity index is 2.35. The molecule has 108 valence electrons. The minimum Gasteiger partial charge on any atom is -0.398 e. The summed E-state index contributed by atoms with van der Waals surface area (Å²) in [5, 5.41) is 0.374. The van der Waals surface area contributed by atoms with E-state index < -0.39 is 10.0 Å². The number of nitrogen functional groups attached to an aromatic ring is 1. The molecule has 0 saturated heterocycles. The monoisotopic (exact) mass is 311 g/mol. The first kappa shape index (κ1) is 14.8. The van der Waals surface area contributed by atoms with E-state index in [2.05, 4.69) is 9.71 Å². The Morgan fingerprint density at radius 3 is 2.60 bits per heavy atom. The molecule has 1 heterocycles. The van der Waals surface area contributed by atoms with Gasteiger partial charge in [0.25, 0.3) is 10.0 Å². The lowest BCUT2D eigenvalue weighted by Crippen LogP contribution is -2.14. The molecule has 0 aliphatic carbocycles. The zero-order valence-electron chi connectivity index (χ0n) is 11.6. The Morgan fingerprint density at radius 2 is 2.05 bits per heavy atom. The Hall–Kier alpha value is -1.60. The third kappa shape index (κ3) is 2.94. The molecule has 0 unspecified atom stereocenters. The van der Waals surface area contributed by atoms with Crippen LogP contribution in [-0.4, -0.2) is 13.4 Å². The van der Waals surface area contributed by atoms with E-state index in [9.17, 15) is 8.42 Å². The van der Waals surface area contributed by atoms with Gasteiger partial charge >= 0.3 is 0 Å². The first-order valence-corrected chi connectivity index (χ1v) is 8.48. The summed E-state index contributed by atoms with van der Waals surface area (Å²) in [7, 11) is -3.70. The van der Waals surface area contributed by atoms with E-state index in [0.717, 1.165) is 22.6 Å². The van der Waals surface area contributed by atoms with E-state index in [4.69, 9.17) is 5.73 Å². The number of nitrogens with two attached hydrogens (primary N) is 1. The fourth-order valence-corrected chi connectivity index (χ4v) is 4.13. The number of rotatable bonds is 4. The van der Waals surface area contributed by atoms with Crippen LogP contribution in [0.5, 0.6) is 0 Å². The maximum absolute atomic E-state index is 12.3. The second-order valence-corrected chi connectivity index (χ2v) is 7.38. The minimum atomic E-state index is -3.70. The molecule has 7 heteroatoms. The van der Waals surface area contributed by atoms with Gasteiger partial charge in [0, 0.05) is 4.88 Å². The van der Waals surface area contributed by atoms with Crippen molar-refractivity contribution in [3.05, 3.63) is 34.3 Å². The molecular weight excluding hydrogens is 294 g/mol. The van der Waals surface area contributed by atoms with Crippen LogP contribution in [0.1, 0.15) is 23.1 Å². The Bertz CT molecular complexity index is 736. The van der Waals surface area contributed by atoms with E-state index in [-0.39, 0.29) is 10.6 Å². The van der Waals surface area contributed by atoms with Crippen molar-refractivity contribution in [1.29, 1.82) is 0 Å². The first-order valence-electron chi connectivity index (χ1n) is 6.18. The largest absolute Gasteiger partial charge is 0.398 e. The predicted molar refractivity (Wildman–Crippen MR) is 82.6 cm³/mol. The molecule has 0 aliphatic heterocycles. The minimum absolute atomic E-state index is 0.0778. The van der Waals surface area contributed by atoms with E-state index in [1.165, 1.54) is 17.4 Å². The topological polar surface area (TPSA) is 85.1 Å². The maximum Gasteiger partial charge on any atom is 0.265 e. The number of hydrogen-bond acceptors (Lipinski definition) is 5. The van der Waals surface area contributed by atoms with E-state index >= 15 is 0 Å². The molecule has 0 fully saturated rings. The van der Waals surface area contributed by atoms with Crippen LogP contribution in [0.15, 0.2) is 23.1 Å². The molecule has 3 N–H and O–H groups in total. The number of nitrogens with one attached hydrogen (secondary N) is 1. The molecule has 2 rings (SSSR count). The average molecular weight is 311 g/mol. The molecule has 0 bridgehead atoms. The fourth-order valence-electron chi connectivity index (χ4n) is 1.88. The second kappa shape index (κ2) is 5.41. The van der Waals surface area contributed by atoms with Crippen molar-refractivity contribution in [2.24, 2.45) is 0 Å². The van der Waals surface area contributed by atoms with Gasteiger partial charge < -0.3 is 5.73 Å². The fraction of sp³-hybridized carbons (Fsp3) is 0.308. The van der Waals surface area contributed by atoms with Crippen molar-refractivity contribution in [3.63, 3.8) is 0 Å². The van der Waals surface area contributed by atoms with Crippen molar-refractivity contribution in [2.75, 3.05) is 10.5 Å². The van der Waals surface area contributed by atoms with Gasteiger partial charge in [-0.2, -0.15) is 0 Å². The summed E-state index contributed by atoms with van der Waals surface area (Å²) in [6.07, 6.45) is 0.775. The van der Waals surface area contributed by atoms with Crippen LogP contribution >= 0.6 is 11.3 Å². The standard InChI is InChI=1S/C13H17N3O2S2/c1-4-11-9(3)19-13(15-11)16-20(17,18)12-6-5-8(2)7-10(12)14/h5-7H,4,14H2,1-3H3,(H,15,16). The number of aromatic nitrogens is 1. The summed E-state index contributed by atoms with van der Waals surface area (Å²) < 4.78 is 27.1. The van der Waals surface area contributed by atoms with E-state index in [0.29, 0.717) is 5.13 Å². The van der Waals surface area contributed by atoms with Crippen LogP contribution in [0.3, 0.4) is 0 Å². The lowest BCUT2D eigenvalue weighted by atomic mass is 10.2. The predicted octanol–water partition coefficient (Wildman–Crippen LogP) is 2.71. The quantitative estimate of drug-likeness (QED) is 0.850. The SMILES string of the molecule is CCc1nc(NS(=O)(=O)c2ccc(C)cc2N)sc1C. The molecule has 0 radical (unpaired) electrons. The number of sulfonamides is 1. The van der Waals surface area contributed by atoms with Gasteiger partial charge in [0.2, 0.25) is 0 Å². The van der Waals surface area contributed by atoms with Gasteiger partial charge in [0.1, 0.15) is 4.90 Å². The van der Waals surface area contributed by atoms with Gasteiger partial charge in [-0.3, -0.25) is 4.72 Å². The van der Waals surface area contributed by atoms with Crippen LogP contribution in [0.4, 0.5) is 10.8 Å². The number of hydrogen-bond donors (Lipinski definition) is 2. The summed E-state index contributed by atoms with van der Waals surface area (Å²) in [6, 6.07) is 4.86. The van der Waals surface area contributed by atoms with Crippen LogP contribution in [-0.2, 0) is 16.4 Å². The van der Waals surface area contributed by atoms with E-state index in [1.807, 2.05) is 20.8 Å². The van der Waals surface area contributed by atoms with Crippen LogP contribution in [0, 0.1) is 13.8 Å². The zero-order valence-corrected chi connectivity index (χ0v) is 13.2. The van der Waals surface area contributed by atoms with Gasteiger partial charge in [-0.15, -0.1) is 11.3 Å². The number of thiazole rings is 1. The highest BCUT2D eigenvalue weighted by Gasteiger charge is 2.19. The normalized spacial score (nSPS) is 11.6. The number of benzene rings is 1. The van der Waals surface area contributed by atoms with Gasteiger partial charge in [-0.1, -0.05) is 13.0 Å². The van der Waals surface area contributed by atoms with Crippen LogP contribution in [0.25, 0.3) is 0 Å². The van der Waals surface area contributed by atoms with Crippen molar-refractivity contribution < 1.29 is 8.42 Å². The van der Waals surface area contributed by atoms with Crippen LogP contribution < -0.4 is 10.5 Å². The van der Waals surface area contributed by atoms with Crippen LogP contribution in [0.2, 0.25) is 0 Å². The lowest BCUT2D eigenvalue weighted by Gasteiger charge is -2.08. The Morgan fingerprint density at radius 1 is 1.35 bits per heavy atom. The molecule has 0 aliphatic rings. The molecule has 0 atom stereocenters. The number of nitrogens with zero attached hydrogens (tertiary/aromatic N) is 1. The first-order chi connectivity index (χ1) is 9.33. The Kier molecular flexibility index (Phi) is 4.01. The molecule has 0 saturated carbocycles. The average Bonchev–Trinajstić information content (AvgIpc) is 2.67. The van der Waals surface area contributed by atoms with Gasteiger partial charge in [0.15, 0.2) is 5.13 Å². The summed E-state index contributed by atoms with van der Waals surface area (Å²) in [6.45, 7) is 5.77. The summed E-state index contributed by atoms with van der Waals surface area (Å²) in [4.78, 5) is 5.37. The maximum atomic E-state index is 12.3. The highest BCUT2D eigenvalue weighted by atomic mass is 32.2. The summed E-state index contributed by atoms with van der Waals surface area (Å²) in [5.41, 5.74) is 7.85. The third-order valence-corrected chi connectivity index (χ3v) is 5.37. The van der Waals surface area contributed by atoms with Crippen molar-refractivity contribution in [2.45, 2.75) is 32.1 Å². The van der Waals surface area contributed by atoms with Crippen molar-refractivity contribution in [1.82, 2.24) is 4.98 Å².